The van der Waals surface area contributed by atoms with Gasteiger partial charge in [-0.05, 0) is 32.0 Å². The van der Waals surface area contributed by atoms with Crippen molar-refractivity contribution in [3.8, 4) is 0 Å². The molecule has 100 valence electrons. The molecule has 0 aromatic heterocycles. The van der Waals surface area contributed by atoms with Gasteiger partial charge < -0.3 is 15.4 Å². The van der Waals surface area contributed by atoms with Crippen molar-refractivity contribution in [2.24, 2.45) is 0 Å². The van der Waals surface area contributed by atoms with Crippen LogP contribution in [0.4, 0.5) is 5.69 Å². The lowest BCUT2D eigenvalue weighted by molar-refractivity contribution is -0.124. The summed E-state index contributed by atoms with van der Waals surface area (Å²) < 4.78 is 5.00. The third kappa shape index (κ3) is 3.82. The molecule has 0 aliphatic carbocycles. The van der Waals surface area contributed by atoms with E-state index in [0.29, 0.717) is 0 Å². The third-order valence-electron chi connectivity index (χ3n) is 2.92. The fraction of sp³-hybridized carbons (Fsp3) is 0.500. The van der Waals surface area contributed by atoms with Crippen LogP contribution in [0, 0.1) is 0 Å². The third-order valence-corrected chi connectivity index (χ3v) is 2.92. The van der Waals surface area contributed by atoms with Crippen molar-refractivity contribution in [1.29, 1.82) is 0 Å². The van der Waals surface area contributed by atoms with Gasteiger partial charge in [0.05, 0.1) is 0 Å². The van der Waals surface area contributed by atoms with Gasteiger partial charge in [-0.2, -0.15) is 0 Å². The number of amides is 1. The molecule has 1 aromatic carbocycles. The molecule has 0 aliphatic rings. The van der Waals surface area contributed by atoms with Crippen LogP contribution in [-0.4, -0.2) is 25.7 Å². The number of methoxy groups -OCH3 is 1. The van der Waals surface area contributed by atoms with Gasteiger partial charge in [-0.1, -0.05) is 25.1 Å². The zero-order valence-electron chi connectivity index (χ0n) is 11.5. The summed E-state index contributed by atoms with van der Waals surface area (Å²) in [6, 6.07) is 8.00. The maximum absolute atomic E-state index is 11.8. The molecule has 0 heterocycles. The number of para-hydroxylation sites is 1. The van der Waals surface area contributed by atoms with Crippen molar-refractivity contribution in [3.63, 3.8) is 0 Å². The van der Waals surface area contributed by atoms with Crippen molar-refractivity contribution >= 4 is 11.6 Å². The predicted octanol–water partition coefficient (Wildman–Crippen LogP) is 2.33. The number of hydrogen-bond acceptors (Lipinski definition) is 3. The Kier molecular flexibility index (Phi) is 5.82. The molecule has 2 atom stereocenters. The van der Waals surface area contributed by atoms with Gasteiger partial charge in [0.25, 0.3) is 5.91 Å². The van der Waals surface area contributed by atoms with Gasteiger partial charge >= 0.3 is 0 Å². The average Bonchev–Trinajstić information content (AvgIpc) is 2.38. The standard InChI is InChI=1S/C14H22N2O2/c1-5-15-10(2)12-8-6-7-9-13(12)16-14(17)11(3)18-4/h6-11,15H,5H2,1-4H3,(H,16,17). The normalized spacial score (nSPS) is 14.0. The molecule has 4 heteroatoms. The quantitative estimate of drug-likeness (QED) is 0.814. The maximum Gasteiger partial charge on any atom is 0.253 e. The summed E-state index contributed by atoms with van der Waals surface area (Å²) in [5.41, 5.74) is 1.91. The van der Waals surface area contributed by atoms with Crippen molar-refractivity contribution < 1.29 is 9.53 Å². The Morgan fingerprint density at radius 3 is 2.61 bits per heavy atom. The SMILES string of the molecule is CCNC(C)c1ccccc1NC(=O)C(C)OC. The van der Waals surface area contributed by atoms with E-state index < -0.39 is 6.10 Å². The van der Waals surface area contributed by atoms with Gasteiger partial charge in [-0.25, -0.2) is 0 Å². The summed E-state index contributed by atoms with van der Waals surface area (Å²) in [6.45, 7) is 6.75. The molecule has 1 amide bonds. The molecule has 0 saturated heterocycles. The molecule has 4 nitrogen and oxygen atoms in total. The van der Waals surface area contributed by atoms with Gasteiger partial charge in [-0.3, -0.25) is 4.79 Å². The number of hydrogen-bond donors (Lipinski definition) is 2. The van der Waals surface area contributed by atoms with Crippen LogP contribution in [0.2, 0.25) is 0 Å². The van der Waals surface area contributed by atoms with Gasteiger partial charge in [0, 0.05) is 18.8 Å². The summed E-state index contributed by atoms with van der Waals surface area (Å²) >= 11 is 0. The lowest BCUT2D eigenvalue weighted by Gasteiger charge is -2.18. The Hall–Kier alpha value is -1.39. The van der Waals surface area contributed by atoms with E-state index >= 15 is 0 Å². The van der Waals surface area contributed by atoms with Gasteiger partial charge in [-0.15, -0.1) is 0 Å². The van der Waals surface area contributed by atoms with Crippen LogP contribution in [0.3, 0.4) is 0 Å². The lowest BCUT2D eigenvalue weighted by Crippen LogP contribution is -2.28. The highest BCUT2D eigenvalue weighted by Crippen LogP contribution is 2.22. The number of carbonyl (C=O) groups excluding carboxylic acids is 1. The van der Waals surface area contributed by atoms with Crippen molar-refractivity contribution in [3.05, 3.63) is 29.8 Å². The first-order valence-electron chi connectivity index (χ1n) is 6.26. The van der Waals surface area contributed by atoms with E-state index in [1.807, 2.05) is 24.3 Å². The Morgan fingerprint density at radius 2 is 2.00 bits per heavy atom. The van der Waals surface area contributed by atoms with Crippen LogP contribution >= 0.6 is 0 Å². The average molecular weight is 250 g/mol. The van der Waals surface area contributed by atoms with E-state index in [1.54, 1.807) is 6.92 Å². The second-order valence-corrected chi connectivity index (χ2v) is 4.23. The number of carbonyl (C=O) groups is 1. The Labute approximate surface area is 109 Å². The summed E-state index contributed by atoms with van der Waals surface area (Å²) in [6.07, 6.45) is -0.451. The minimum atomic E-state index is -0.451. The van der Waals surface area contributed by atoms with E-state index in [0.717, 1.165) is 17.8 Å². The van der Waals surface area contributed by atoms with E-state index in [4.69, 9.17) is 4.74 Å². The minimum absolute atomic E-state index is 0.131. The molecule has 0 spiro atoms. The first kappa shape index (κ1) is 14.7. The number of rotatable bonds is 6. The Bertz CT molecular complexity index is 393. The van der Waals surface area contributed by atoms with E-state index in [2.05, 4.69) is 24.5 Å². The molecule has 0 fully saturated rings. The Morgan fingerprint density at radius 1 is 1.33 bits per heavy atom. The second kappa shape index (κ2) is 7.13. The van der Waals surface area contributed by atoms with Crippen LogP contribution in [0.1, 0.15) is 32.4 Å². The van der Waals surface area contributed by atoms with Gasteiger partial charge in [0.15, 0.2) is 0 Å². The molecule has 0 bridgehead atoms. The number of anilines is 1. The van der Waals surface area contributed by atoms with Crippen LogP contribution in [0.25, 0.3) is 0 Å². The molecule has 0 saturated carbocycles. The second-order valence-electron chi connectivity index (χ2n) is 4.23. The molecule has 0 radical (unpaired) electrons. The first-order chi connectivity index (χ1) is 8.60. The maximum atomic E-state index is 11.8. The van der Waals surface area contributed by atoms with Crippen molar-refractivity contribution in [2.75, 3.05) is 19.0 Å². The highest BCUT2D eigenvalue weighted by Gasteiger charge is 2.15. The summed E-state index contributed by atoms with van der Waals surface area (Å²) in [5, 5.41) is 6.23. The van der Waals surface area contributed by atoms with Gasteiger partial charge in [0.1, 0.15) is 6.10 Å². The zero-order valence-corrected chi connectivity index (χ0v) is 11.5. The largest absolute Gasteiger partial charge is 0.372 e. The highest BCUT2D eigenvalue weighted by atomic mass is 16.5. The molecule has 2 N–H and O–H groups in total. The monoisotopic (exact) mass is 250 g/mol. The fourth-order valence-electron chi connectivity index (χ4n) is 1.75. The molecular formula is C14H22N2O2. The summed E-state index contributed by atoms with van der Waals surface area (Å²) in [5.74, 6) is -0.131. The summed E-state index contributed by atoms with van der Waals surface area (Å²) in [4.78, 5) is 11.8. The fourth-order valence-corrected chi connectivity index (χ4v) is 1.75. The summed E-state index contributed by atoms with van der Waals surface area (Å²) in [7, 11) is 1.53. The molecule has 1 rings (SSSR count). The molecule has 0 aliphatic heterocycles. The molecule has 1 aromatic rings. The van der Waals surface area contributed by atoms with Gasteiger partial charge in [0.2, 0.25) is 0 Å². The van der Waals surface area contributed by atoms with Crippen LogP contribution < -0.4 is 10.6 Å². The lowest BCUT2D eigenvalue weighted by atomic mass is 10.1. The molecule has 2 unspecified atom stereocenters. The minimum Gasteiger partial charge on any atom is -0.372 e. The topological polar surface area (TPSA) is 50.4 Å². The van der Waals surface area contributed by atoms with Crippen molar-refractivity contribution in [1.82, 2.24) is 5.32 Å². The van der Waals surface area contributed by atoms with Crippen molar-refractivity contribution in [2.45, 2.75) is 32.9 Å². The highest BCUT2D eigenvalue weighted by molar-refractivity contribution is 5.94. The number of nitrogens with one attached hydrogen (secondary N) is 2. The van der Waals surface area contributed by atoms with E-state index in [1.165, 1.54) is 7.11 Å². The van der Waals surface area contributed by atoms with Crippen LogP contribution in [0.15, 0.2) is 24.3 Å². The number of ether oxygens (including phenoxy) is 1. The number of benzene rings is 1. The van der Waals surface area contributed by atoms with Crippen LogP contribution in [0.5, 0.6) is 0 Å². The Balaban J connectivity index is 2.85. The van der Waals surface area contributed by atoms with Crippen LogP contribution in [-0.2, 0) is 9.53 Å². The first-order valence-corrected chi connectivity index (χ1v) is 6.26. The van der Waals surface area contributed by atoms with E-state index in [-0.39, 0.29) is 11.9 Å². The van der Waals surface area contributed by atoms with E-state index in [9.17, 15) is 4.79 Å². The smallest absolute Gasteiger partial charge is 0.253 e. The molecule has 18 heavy (non-hydrogen) atoms. The molecular weight excluding hydrogens is 228 g/mol. The zero-order chi connectivity index (χ0) is 13.5. The predicted molar refractivity (Wildman–Crippen MR) is 73.6 cm³/mol.